The molecule has 0 N–H and O–H groups in total. The molecule has 1 aromatic carbocycles. The van der Waals surface area contributed by atoms with Gasteiger partial charge in [-0.2, -0.15) is 13.2 Å². The number of rotatable bonds is 6. The lowest BCUT2D eigenvalue weighted by Crippen LogP contribution is -2.11. The van der Waals surface area contributed by atoms with E-state index in [9.17, 15) is 26.4 Å². The van der Waals surface area contributed by atoms with Crippen molar-refractivity contribution in [1.82, 2.24) is 0 Å². The summed E-state index contributed by atoms with van der Waals surface area (Å²) in [5, 5.41) is 0. The molecule has 0 fully saturated rings. The highest BCUT2D eigenvalue weighted by Crippen LogP contribution is 2.29. The number of Topliss-reactive ketones (excluding diaryl/α,β-unsaturated/α-hetero) is 1. The van der Waals surface area contributed by atoms with E-state index in [1.54, 1.807) is 0 Å². The Morgan fingerprint density at radius 3 is 2.15 bits per heavy atom. The minimum atomic E-state index is -4.43. The summed E-state index contributed by atoms with van der Waals surface area (Å²) in [6.45, 7) is 1.52. The maximum Gasteiger partial charge on any atom is 0.416 e. The average Bonchev–Trinajstić information content (AvgIpc) is 2.37. The molecule has 0 amide bonds. The van der Waals surface area contributed by atoms with Crippen molar-refractivity contribution in [1.29, 1.82) is 0 Å². The number of halogens is 3. The van der Waals surface area contributed by atoms with Gasteiger partial charge in [-0.15, -0.1) is 0 Å². The molecule has 0 radical (unpaired) electrons. The molecule has 0 atom stereocenters. The number of ketones is 1. The third-order valence-electron chi connectivity index (χ3n) is 2.83. The second-order valence-corrected chi connectivity index (χ2v) is 6.81. The number of carbonyl (C=O) groups excluding carboxylic acids is 1. The number of hydrogen-bond donors (Lipinski definition) is 0. The van der Waals surface area contributed by atoms with Crippen LogP contribution in [0.1, 0.15) is 35.7 Å². The molecule has 20 heavy (non-hydrogen) atoms. The normalized spacial score (nSPS) is 12.4. The Labute approximate surface area is 115 Å². The van der Waals surface area contributed by atoms with E-state index in [0.29, 0.717) is 0 Å². The van der Waals surface area contributed by atoms with Crippen LogP contribution in [0, 0.1) is 0 Å². The molecule has 112 valence electrons. The fourth-order valence-electron chi connectivity index (χ4n) is 1.59. The molecule has 0 spiro atoms. The first kappa shape index (κ1) is 16.7. The third kappa shape index (κ3) is 4.96. The van der Waals surface area contributed by atoms with Crippen molar-refractivity contribution in [2.24, 2.45) is 0 Å². The van der Waals surface area contributed by atoms with Crippen molar-refractivity contribution >= 4 is 15.6 Å². The molecule has 0 aromatic heterocycles. The van der Waals surface area contributed by atoms with Gasteiger partial charge in [0.1, 0.15) is 9.84 Å². The lowest BCUT2D eigenvalue weighted by Gasteiger charge is -2.07. The summed E-state index contributed by atoms with van der Waals surface area (Å²) in [4.78, 5) is 11.7. The Morgan fingerprint density at radius 1 is 1.15 bits per heavy atom. The van der Waals surface area contributed by atoms with Gasteiger partial charge in [0.05, 0.1) is 11.3 Å². The van der Waals surface area contributed by atoms with E-state index in [1.807, 2.05) is 0 Å². The van der Waals surface area contributed by atoms with E-state index in [-0.39, 0.29) is 35.7 Å². The highest BCUT2D eigenvalue weighted by atomic mass is 32.2. The molecule has 1 aromatic rings. The van der Waals surface area contributed by atoms with Crippen LogP contribution in [-0.2, 0) is 16.0 Å². The molecule has 0 bridgehead atoms. The minimum Gasteiger partial charge on any atom is -0.294 e. The van der Waals surface area contributed by atoms with Gasteiger partial charge in [0.2, 0.25) is 0 Å². The molecule has 0 aliphatic rings. The van der Waals surface area contributed by atoms with Gasteiger partial charge >= 0.3 is 6.18 Å². The van der Waals surface area contributed by atoms with Crippen LogP contribution in [0.5, 0.6) is 0 Å². The van der Waals surface area contributed by atoms with Crippen LogP contribution >= 0.6 is 0 Å². The Morgan fingerprint density at radius 2 is 1.70 bits per heavy atom. The van der Waals surface area contributed by atoms with E-state index in [0.717, 1.165) is 24.3 Å². The smallest absolute Gasteiger partial charge is 0.294 e. The van der Waals surface area contributed by atoms with Gasteiger partial charge < -0.3 is 0 Å². The molecule has 3 nitrogen and oxygen atoms in total. The zero-order valence-corrected chi connectivity index (χ0v) is 11.7. The topological polar surface area (TPSA) is 51.2 Å². The highest BCUT2D eigenvalue weighted by molar-refractivity contribution is 7.91. The van der Waals surface area contributed by atoms with E-state index in [4.69, 9.17) is 0 Å². The Bertz CT molecular complexity index is 560. The predicted octanol–water partition coefficient (Wildman–Crippen LogP) is 3.10. The van der Waals surface area contributed by atoms with Gasteiger partial charge in [-0.05, 0) is 18.6 Å². The van der Waals surface area contributed by atoms with Crippen LogP contribution in [0.25, 0.3) is 0 Å². The Kier molecular flexibility index (Phi) is 5.33. The van der Waals surface area contributed by atoms with Crippen LogP contribution in [0.15, 0.2) is 24.3 Å². The molecule has 0 unspecified atom stereocenters. The Hall–Kier alpha value is -1.37. The third-order valence-corrected chi connectivity index (χ3v) is 4.62. The number of sulfone groups is 1. The van der Waals surface area contributed by atoms with Crippen LogP contribution in [0.2, 0.25) is 0 Å². The summed E-state index contributed by atoms with van der Waals surface area (Å²) in [5.74, 6) is -0.429. The van der Waals surface area contributed by atoms with Crippen molar-refractivity contribution in [2.75, 3.05) is 11.5 Å². The average molecular weight is 308 g/mol. The SMILES string of the molecule is CCS(=O)(=O)CCCC(=O)c1ccc(C(F)(F)F)cc1. The zero-order valence-electron chi connectivity index (χ0n) is 10.9. The quantitative estimate of drug-likeness (QED) is 0.759. The van der Waals surface area contributed by atoms with Gasteiger partial charge in [-0.1, -0.05) is 19.1 Å². The largest absolute Gasteiger partial charge is 0.416 e. The predicted molar refractivity (Wildman–Crippen MR) is 69.3 cm³/mol. The van der Waals surface area contributed by atoms with E-state index in [1.165, 1.54) is 6.92 Å². The first-order valence-corrected chi connectivity index (χ1v) is 7.89. The lowest BCUT2D eigenvalue weighted by molar-refractivity contribution is -0.137. The van der Waals surface area contributed by atoms with E-state index in [2.05, 4.69) is 0 Å². The molecule has 1 rings (SSSR count). The highest BCUT2D eigenvalue weighted by Gasteiger charge is 2.30. The first-order chi connectivity index (χ1) is 9.15. The van der Waals surface area contributed by atoms with Crippen LogP contribution < -0.4 is 0 Å². The van der Waals surface area contributed by atoms with Crippen LogP contribution in [0.3, 0.4) is 0 Å². The number of alkyl halides is 3. The number of carbonyl (C=O) groups is 1. The fraction of sp³-hybridized carbons (Fsp3) is 0.462. The summed E-state index contributed by atoms with van der Waals surface area (Å²) >= 11 is 0. The molecule has 7 heteroatoms. The molecule has 0 heterocycles. The molecule has 0 saturated carbocycles. The summed E-state index contributed by atoms with van der Waals surface area (Å²) in [6, 6.07) is 3.91. The zero-order chi connectivity index (χ0) is 15.4. The van der Waals surface area contributed by atoms with Crippen molar-refractivity contribution < 1.29 is 26.4 Å². The Balaban J connectivity index is 2.61. The molecule has 0 aliphatic carbocycles. The minimum absolute atomic E-state index is 0.00456. The molecular formula is C13H15F3O3S. The number of hydrogen-bond acceptors (Lipinski definition) is 3. The summed E-state index contributed by atoms with van der Waals surface area (Å²) in [6.07, 6.45) is -4.25. The van der Waals surface area contributed by atoms with Crippen LogP contribution in [0.4, 0.5) is 13.2 Å². The molecule has 0 aliphatic heterocycles. The summed E-state index contributed by atoms with van der Waals surface area (Å²) in [5.41, 5.74) is -0.658. The van der Waals surface area contributed by atoms with Crippen LogP contribution in [-0.4, -0.2) is 25.7 Å². The van der Waals surface area contributed by atoms with E-state index < -0.39 is 21.6 Å². The molecular weight excluding hydrogens is 293 g/mol. The van der Waals surface area contributed by atoms with Crippen molar-refractivity contribution in [3.63, 3.8) is 0 Å². The van der Waals surface area contributed by atoms with Crippen molar-refractivity contribution in [2.45, 2.75) is 25.9 Å². The summed E-state index contributed by atoms with van der Waals surface area (Å²) < 4.78 is 59.5. The second kappa shape index (κ2) is 6.39. The van der Waals surface area contributed by atoms with Crippen molar-refractivity contribution in [3.05, 3.63) is 35.4 Å². The van der Waals surface area contributed by atoms with Gasteiger partial charge in [0.15, 0.2) is 5.78 Å². The monoisotopic (exact) mass is 308 g/mol. The van der Waals surface area contributed by atoms with Crippen molar-refractivity contribution in [3.8, 4) is 0 Å². The van der Waals surface area contributed by atoms with Gasteiger partial charge in [0, 0.05) is 17.7 Å². The van der Waals surface area contributed by atoms with Gasteiger partial charge in [-0.25, -0.2) is 8.42 Å². The van der Waals surface area contributed by atoms with Gasteiger partial charge in [0.25, 0.3) is 0 Å². The summed E-state index contributed by atoms with van der Waals surface area (Å²) in [7, 11) is -3.12. The van der Waals surface area contributed by atoms with E-state index >= 15 is 0 Å². The first-order valence-electron chi connectivity index (χ1n) is 6.06. The lowest BCUT2D eigenvalue weighted by atomic mass is 10.1. The second-order valence-electron chi connectivity index (χ2n) is 4.34. The standard InChI is InChI=1S/C13H15F3O3S/c1-2-20(18,19)9-3-4-12(17)10-5-7-11(8-6-10)13(14,15)16/h5-8H,2-4,9H2,1H3. The maximum absolute atomic E-state index is 12.3. The maximum atomic E-state index is 12.3. The molecule has 0 saturated heterocycles. The number of benzene rings is 1. The van der Waals surface area contributed by atoms with Gasteiger partial charge in [-0.3, -0.25) is 4.79 Å². The fourth-order valence-corrected chi connectivity index (χ4v) is 2.46.